The molecule has 2 aliphatic rings. The monoisotopic (exact) mass is 674 g/mol. The predicted octanol–water partition coefficient (Wildman–Crippen LogP) is 4.41. The van der Waals surface area contributed by atoms with Crippen molar-refractivity contribution < 1.29 is 26.8 Å². The number of ether oxygens (including phenoxy) is 3. The normalized spacial score (nSPS) is 17.5. The molecule has 254 valence electrons. The van der Waals surface area contributed by atoms with Gasteiger partial charge in [-0.05, 0) is 56.5 Å². The average Bonchev–Trinajstić information content (AvgIpc) is 3.35. The van der Waals surface area contributed by atoms with Crippen LogP contribution < -0.4 is 20.3 Å². The predicted molar refractivity (Wildman–Crippen MR) is 184 cm³/mol. The number of hydrogen-bond donors (Lipinski definition) is 1. The molecule has 2 aromatic heterocycles. The molecule has 2 fully saturated rings. The van der Waals surface area contributed by atoms with Gasteiger partial charge in [0.1, 0.15) is 6.61 Å². The van der Waals surface area contributed by atoms with Gasteiger partial charge in [0.15, 0.2) is 5.82 Å². The van der Waals surface area contributed by atoms with Crippen LogP contribution in [0.3, 0.4) is 0 Å². The zero-order valence-electron chi connectivity index (χ0n) is 27.3. The van der Waals surface area contributed by atoms with E-state index in [1.54, 1.807) is 18.3 Å². The largest absolute Gasteiger partial charge is 0.475 e. The third-order valence-corrected chi connectivity index (χ3v) is 10.0. The molecule has 2 atom stereocenters. The molecule has 13 heteroatoms. The first-order valence-electron chi connectivity index (χ1n) is 16.2. The number of anilines is 3. The Morgan fingerprint density at radius 1 is 0.833 bits per heavy atom. The molecule has 2 N–H and O–H groups in total. The fraction of sp³-hybridized carbons (Fsp3) is 0.400. The van der Waals surface area contributed by atoms with Gasteiger partial charge >= 0.3 is 0 Å². The molecule has 0 amide bonds. The van der Waals surface area contributed by atoms with Crippen LogP contribution in [0.4, 0.5) is 17.2 Å². The van der Waals surface area contributed by atoms with Crippen LogP contribution in [0.15, 0.2) is 77.8 Å². The fourth-order valence-electron chi connectivity index (χ4n) is 6.30. The molecule has 0 radical (unpaired) electrons. The van der Waals surface area contributed by atoms with E-state index in [2.05, 4.69) is 50.1 Å². The van der Waals surface area contributed by atoms with Crippen molar-refractivity contribution in [1.29, 1.82) is 0 Å². The zero-order chi connectivity index (χ0) is 33.5. The van der Waals surface area contributed by atoms with Gasteiger partial charge in [0.2, 0.25) is 5.88 Å². The van der Waals surface area contributed by atoms with E-state index in [-0.39, 0.29) is 18.1 Å². The van der Waals surface area contributed by atoms with E-state index in [0.717, 1.165) is 59.7 Å². The highest BCUT2D eigenvalue weighted by atomic mass is 32.2. The first-order valence-corrected chi connectivity index (χ1v) is 17.6. The van der Waals surface area contributed by atoms with Gasteiger partial charge in [-0.25, -0.2) is 4.98 Å². The van der Waals surface area contributed by atoms with Gasteiger partial charge in [0.25, 0.3) is 10.1 Å². The number of fused-ring (bicyclic) bond motifs is 2. The third kappa shape index (κ3) is 8.04. The Kier molecular flexibility index (Phi) is 10.7. The van der Waals surface area contributed by atoms with Gasteiger partial charge in [-0.2, -0.15) is 8.42 Å². The number of aromatic nitrogens is 3. The standard InChI is InChI=1S/C35H42N6O6S/c1-25-7-11-30(12-8-25)48(42,43)47-20-18-45-16-15-44-17-19-46-34-21-27(13-14-37-34)41-28-9-10-29(41)24-40(23-28)33-22-32(38-39-35(33)36)31-6-4-3-5-26(31)2/h3-8,11-14,21-22,28-29H,9-10,15-20,23-24H2,1-2H3,(H2,36,39). The van der Waals surface area contributed by atoms with E-state index in [4.69, 9.17) is 24.1 Å². The number of nitrogens with two attached hydrogens (primary N) is 1. The Labute approximate surface area is 281 Å². The molecule has 12 nitrogen and oxygen atoms in total. The Balaban J connectivity index is 0.929. The van der Waals surface area contributed by atoms with Crippen LogP contribution >= 0.6 is 0 Å². The lowest BCUT2D eigenvalue weighted by atomic mass is 10.0. The molecule has 0 spiro atoms. The molecule has 0 saturated carbocycles. The van der Waals surface area contributed by atoms with Crippen LogP contribution in [0.25, 0.3) is 11.3 Å². The fourth-order valence-corrected chi connectivity index (χ4v) is 7.19. The molecule has 4 aromatic rings. The van der Waals surface area contributed by atoms with Crippen molar-refractivity contribution in [3.05, 3.63) is 84.1 Å². The zero-order valence-corrected chi connectivity index (χ0v) is 28.1. The highest BCUT2D eigenvalue weighted by Crippen LogP contribution is 2.39. The minimum Gasteiger partial charge on any atom is -0.475 e. The maximum absolute atomic E-state index is 12.2. The summed E-state index contributed by atoms with van der Waals surface area (Å²) in [6.45, 7) is 7.07. The number of pyridine rings is 1. The van der Waals surface area contributed by atoms with Gasteiger partial charge in [-0.15, -0.1) is 10.2 Å². The smallest absolute Gasteiger partial charge is 0.297 e. The summed E-state index contributed by atoms with van der Waals surface area (Å²) in [6.07, 6.45) is 3.96. The third-order valence-electron chi connectivity index (χ3n) is 8.69. The van der Waals surface area contributed by atoms with E-state index >= 15 is 0 Å². The van der Waals surface area contributed by atoms with Gasteiger partial charge in [-0.3, -0.25) is 4.18 Å². The Morgan fingerprint density at radius 2 is 1.52 bits per heavy atom. The summed E-state index contributed by atoms with van der Waals surface area (Å²) in [7, 11) is -3.80. The van der Waals surface area contributed by atoms with Crippen molar-refractivity contribution in [1.82, 2.24) is 15.2 Å². The summed E-state index contributed by atoms with van der Waals surface area (Å²) >= 11 is 0. The minimum absolute atomic E-state index is 0.0675. The molecule has 2 aromatic carbocycles. The van der Waals surface area contributed by atoms with Gasteiger partial charge in [-0.1, -0.05) is 42.0 Å². The van der Waals surface area contributed by atoms with Crippen molar-refractivity contribution in [3.8, 4) is 17.1 Å². The van der Waals surface area contributed by atoms with Crippen molar-refractivity contribution >= 4 is 27.3 Å². The van der Waals surface area contributed by atoms with Crippen LogP contribution in [0, 0.1) is 13.8 Å². The summed E-state index contributed by atoms with van der Waals surface area (Å²) < 4.78 is 46.4. The van der Waals surface area contributed by atoms with Crippen LogP contribution in [-0.2, 0) is 23.8 Å². The number of piperazine rings is 1. The van der Waals surface area contributed by atoms with E-state index in [1.165, 1.54) is 12.1 Å². The second-order valence-corrected chi connectivity index (χ2v) is 13.6. The summed E-state index contributed by atoms with van der Waals surface area (Å²) in [5.41, 5.74) is 12.4. The summed E-state index contributed by atoms with van der Waals surface area (Å²) in [5.74, 6) is 0.999. The average molecular weight is 675 g/mol. The molecule has 48 heavy (non-hydrogen) atoms. The number of aryl methyl sites for hydroxylation is 2. The quantitative estimate of drug-likeness (QED) is 0.141. The van der Waals surface area contributed by atoms with Crippen LogP contribution in [0.2, 0.25) is 0 Å². The Morgan fingerprint density at radius 3 is 2.25 bits per heavy atom. The number of nitrogens with zero attached hydrogens (tertiary/aromatic N) is 5. The number of hydrogen-bond acceptors (Lipinski definition) is 12. The van der Waals surface area contributed by atoms with Crippen molar-refractivity contribution in [2.24, 2.45) is 0 Å². The van der Waals surface area contributed by atoms with E-state index in [1.807, 2.05) is 31.2 Å². The first kappa shape index (κ1) is 33.6. The summed E-state index contributed by atoms with van der Waals surface area (Å²) in [5, 5.41) is 8.71. The van der Waals surface area contributed by atoms with Crippen LogP contribution in [-0.4, -0.2) is 88.4 Å². The highest BCUT2D eigenvalue weighted by Gasteiger charge is 2.41. The summed E-state index contributed by atoms with van der Waals surface area (Å²) in [4.78, 5) is 9.37. The van der Waals surface area contributed by atoms with E-state index in [0.29, 0.717) is 50.2 Å². The SMILES string of the molecule is Cc1ccc(S(=O)(=O)OCCOCCOCCOc2cc(N3C4CCC3CN(c3cc(-c5ccccc5C)nnc3N)C4)ccn2)cc1. The number of benzene rings is 2. The van der Waals surface area contributed by atoms with Crippen molar-refractivity contribution in [3.63, 3.8) is 0 Å². The second-order valence-electron chi connectivity index (χ2n) is 12.0. The molecule has 4 heterocycles. The molecular formula is C35H42N6O6S. The van der Waals surface area contributed by atoms with Gasteiger partial charge < -0.3 is 29.7 Å². The number of rotatable bonds is 15. The Bertz CT molecular complexity index is 1780. The lowest BCUT2D eigenvalue weighted by Crippen LogP contribution is -2.54. The molecule has 2 unspecified atom stereocenters. The Hall–Kier alpha value is -4.30. The highest BCUT2D eigenvalue weighted by molar-refractivity contribution is 7.86. The molecule has 2 saturated heterocycles. The lowest BCUT2D eigenvalue weighted by molar-refractivity contribution is 0.0275. The number of nitrogen functional groups attached to an aromatic ring is 1. The van der Waals surface area contributed by atoms with Gasteiger partial charge in [0.05, 0.1) is 49.3 Å². The van der Waals surface area contributed by atoms with Crippen molar-refractivity contribution in [2.75, 3.05) is 68.3 Å². The molecule has 6 rings (SSSR count). The second kappa shape index (κ2) is 15.3. The first-order chi connectivity index (χ1) is 23.3. The molecule has 0 aliphatic carbocycles. The van der Waals surface area contributed by atoms with E-state index < -0.39 is 10.1 Å². The molecular weight excluding hydrogens is 632 g/mol. The van der Waals surface area contributed by atoms with E-state index in [9.17, 15) is 8.42 Å². The van der Waals surface area contributed by atoms with Crippen LogP contribution in [0.5, 0.6) is 5.88 Å². The summed E-state index contributed by atoms with van der Waals surface area (Å²) in [6, 6.07) is 21.4. The minimum atomic E-state index is -3.80. The van der Waals surface area contributed by atoms with Crippen molar-refractivity contribution in [2.45, 2.75) is 43.7 Å². The lowest BCUT2D eigenvalue weighted by Gasteiger charge is -2.43. The molecule has 2 aliphatic heterocycles. The van der Waals surface area contributed by atoms with Gasteiger partial charge in [0, 0.05) is 48.7 Å². The maximum atomic E-state index is 12.2. The molecule has 2 bridgehead atoms. The van der Waals surface area contributed by atoms with Crippen LogP contribution in [0.1, 0.15) is 24.0 Å². The maximum Gasteiger partial charge on any atom is 0.297 e. The topological polar surface area (TPSA) is 142 Å².